The molecule has 0 bridgehead atoms. The number of rotatable bonds is 6. The standard InChI is InChI=1S/C30H31N7O/c1-21-17-24-19-26(30(38)31-27(24)18-22(21)2)28(29-32-33-34-37(29)20-23-9-5-3-6-10-23)36-15-13-35(14-16-36)25-11-7-4-8-12-25/h3-12,17-19,28H,13-16,20H2,1-2H3,(H,31,38)/t28-/m1/s1. The summed E-state index contributed by atoms with van der Waals surface area (Å²) < 4.78 is 1.83. The molecule has 3 aromatic carbocycles. The van der Waals surface area contributed by atoms with Gasteiger partial charge in [0.15, 0.2) is 5.82 Å². The van der Waals surface area contributed by atoms with Crippen LogP contribution >= 0.6 is 0 Å². The molecule has 1 atom stereocenters. The first-order valence-corrected chi connectivity index (χ1v) is 13.0. The van der Waals surface area contributed by atoms with Crippen molar-refractivity contribution in [2.24, 2.45) is 0 Å². The number of fused-ring (bicyclic) bond motifs is 1. The molecule has 0 aliphatic carbocycles. The molecule has 1 aliphatic rings. The molecule has 1 N–H and O–H groups in total. The minimum Gasteiger partial charge on any atom is -0.369 e. The quantitative estimate of drug-likeness (QED) is 0.374. The Labute approximate surface area is 221 Å². The van der Waals surface area contributed by atoms with Crippen molar-refractivity contribution in [1.29, 1.82) is 0 Å². The zero-order valence-corrected chi connectivity index (χ0v) is 21.7. The fourth-order valence-electron chi connectivity index (χ4n) is 5.35. The number of nitrogens with zero attached hydrogens (tertiary/aromatic N) is 6. The van der Waals surface area contributed by atoms with E-state index in [4.69, 9.17) is 0 Å². The summed E-state index contributed by atoms with van der Waals surface area (Å²) in [5, 5.41) is 13.9. The Hall–Kier alpha value is -4.30. The molecule has 2 aromatic heterocycles. The molecule has 0 unspecified atom stereocenters. The molecule has 8 heteroatoms. The zero-order valence-electron chi connectivity index (χ0n) is 21.7. The van der Waals surface area contributed by atoms with Crippen LogP contribution in [0.1, 0.15) is 34.1 Å². The fraction of sp³-hybridized carbons (Fsp3) is 0.267. The van der Waals surface area contributed by atoms with E-state index in [1.807, 2.05) is 41.1 Å². The molecule has 0 spiro atoms. The summed E-state index contributed by atoms with van der Waals surface area (Å²) in [7, 11) is 0. The number of hydrogen-bond donors (Lipinski definition) is 1. The molecule has 192 valence electrons. The largest absolute Gasteiger partial charge is 0.369 e. The predicted octanol–water partition coefficient (Wildman–Crippen LogP) is 4.09. The third-order valence-corrected chi connectivity index (χ3v) is 7.56. The van der Waals surface area contributed by atoms with E-state index in [1.54, 1.807) is 0 Å². The summed E-state index contributed by atoms with van der Waals surface area (Å²) in [5.41, 5.74) is 6.07. The van der Waals surface area contributed by atoms with E-state index in [1.165, 1.54) is 11.3 Å². The maximum atomic E-state index is 13.6. The zero-order chi connectivity index (χ0) is 26.1. The van der Waals surface area contributed by atoms with E-state index >= 15 is 0 Å². The van der Waals surface area contributed by atoms with Gasteiger partial charge in [-0.15, -0.1) is 5.10 Å². The number of nitrogens with one attached hydrogen (secondary N) is 1. The van der Waals surface area contributed by atoms with Gasteiger partial charge in [-0.2, -0.15) is 0 Å². The minimum absolute atomic E-state index is 0.106. The van der Waals surface area contributed by atoms with Crippen molar-refractivity contribution < 1.29 is 0 Å². The Bertz CT molecular complexity index is 1600. The van der Waals surface area contributed by atoms with Gasteiger partial charge in [-0.1, -0.05) is 48.5 Å². The van der Waals surface area contributed by atoms with Gasteiger partial charge in [0.25, 0.3) is 5.56 Å². The van der Waals surface area contributed by atoms with Crippen molar-refractivity contribution in [3.63, 3.8) is 0 Å². The number of hydrogen-bond acceptors (Lipinski definition) is 6. The van der Waals surface area contributed by atoms with E-state index in [9.17, 15) is 4.79 Å². The lowest BCUT2D eigenvalue weighted by Crippen LogP contribution is -2.49. The highest BCUT2D eigenvalue weighted by atomic mass is 16.1. The molecule has 0 amide bonds. The van der Waals surface area contributed by atoms with Crippen LogP contribution < -0.4 is 10.5 Å². The van der Waals surface area contributed by atoms with Crippen molar-refractivity contribution in [2.75, 3.05) is 31.1 Å². The highest BCUT2D eigenvalue weighted by Crippen LogP contribution is 2.29. The van der Waals surface area contributed by atoms with E-state index in [2.05, 4.69) is 86.6 Å². The van der Waals surface area contributed by atoms with Crippen molar-refractivity contribution in [2.45, 2.75) is 26.4 Å². The van der Waals surface area contributed by atoms with Gasteiger partial charge < -0.3 is 9.88 Å². The molecular weight excluding hydrogens is 474 g/mol. The van der Waals surface area contributed by atoms with Gasteiger partial charge in [0.05, 0.1) is 6.54 Å². The van der Waals surface area contributed by atoms with E-state index in [0.29, 0.717) is 17.9 Å². The number of aryl methyl sites for hydroxylation is 2. The van der Waals surface area contributed by atoms with Crippen LogP contribution in [0.2, 0.25) is 0 Å². The lowest BCUT2D eigenvalue weighted by molar-refractivity contribution is 0.200. The second kappa shape index (κ2) is 10.2. The van der Waals surface area contributed by atoms with Gasteiger partial charge in [-0.05, 0) is 76.7 Å². The summed E-state index contributed by atoms with van der Waals surface area (Å²) >= 11 is 0. The molecule has 1 fully saturated rings. The van der Waals surface area contributed by atoms with Gasteiger partial charge in [-0.3, -0.25) is 9.69 Å². The molecule has 5 aromatic rings. The first-order valence-electron chi connectivity index (χ1n) is 13.0. The number of benzene rings is 3. The maximum absolute atomic E-state index is 13.6. The van der Waals surface area contributed by atoms with Crippen molar-refractivity contribution in [3.05, 3.63) is 117 Å². The van der Waals surface area contributed by atoms with Crippen LogP contribution in [-0.4, -0.2) is 56.3 Å². The first-order chi connectivity index (χ1) is 18.6. The molecule has 1 saturated heterocycles. The Balaban J connectivity index is 1.41. The lowest BCUT2D eigenvalue weighted by atomic mass is 10.00. The normalized spacial score (nSPS) is 15.2. The summed E-state index contributed by atoms with van der Waals surface area (Å²) in [4.78, 5) is 21.5. The minimum atomic E-state index is -0.374. The number of para-hydroxylation sites is 1. The third-order valence-electron chi connectivity index (χ3n) is 7.56. The molecule has 3 heterocycles. The Kier molecular flexibility index (Phi) is 6.47. The average molecular weight is 506 g/mol. The molecule has 0 saturated carbocycles. The second-order valence-electron chi connectivity index (χ2n) is 10.0. The predicted molar refractivity (Wildman–Crippen MR) is 149 cm³/mol. The number of aromatic amines is 1. The Morgan fingerprint density at radius 2 is 1.55 bits per heavy atom. The smallest absolute Gasteiger partial charge is 0.253 e. The molecule has 38 heavy (non-hydrogen) atoms. The van der Waals surface area contributed by atoms with Crippen LogP contribution in [-0.2, 0) is 6.54 Å². The summed E-state index contributed by atoms with van der Waals surface area (Å²) in [6.07, 6.45) is 0. The number of H-pyrrole nitrogens is 1. The topological polar surface area (TPSA) is 82.9 Å². The van der Waals surface area contributed by atoms with Gasteiger partial charge in [0, 0.05) is 42.9 Å². The summed E-state index contributed by atoms with van der Waals surface area (Å²) in [5.74, 6) is 0.677. The van der Waals surface area contributed by atoms with Gasteiger partial charge in [0.1, 0.15) is 6.04 Å². The second-order valence-corrected chi connectivity index (χ2v) is 10.0. The molecular formula is C30H31N7O. The molecule has 0 radical (unpaired) electrons. The van der Waals surface area contributed by atoms with Gasteiger partial charge in [-0.25, -0.2) is 4.68 Å². The van der Waals surface area contributed by atoms with E-state index in [0.717, 1.165) is 48.2 Å². The van der Waals surface area contributed by atoms with E-state index < -0.39 is 0 Å². The number of pyridine rings is 1. The van der Waals surface area contributed by atoms with Gasteiger partial charge >= 0.3 is 0 Å². The van der Waals surface area contributed by atoms with Crippen LogP contribution in [0.25, 0.3) is 10.9 Å². The Morgan fingerprint density at radius 3 is 2.29 bits per heavy atom. The monoisotopic (exact) mass is 505 g/mol. The van der Waals surface area contributed by atoms with Crippen molar-refractivity contribution >= 4 is 16.6 Å². The SMILES string of the molecule is Cc1cc2cc([C@H](c3nnnn3Cc3ccccc3)N3CCN(c4ccccc4)CC3)c(=O)[nH]c2cc1C. The van der Waals surface area contributed by atoms with Crippen molar-refractivity contribution in [1.82, 2.24) is 30.1 Å². The maximum Gasteiger partial charge on any atom is 0.253 e. The Morgan fingerprint density at radius 1 is 0.868 bits per heavy atom. The molecule has 1 aliphatic heterocycles. The number of piperazine rings is 1. The first kappa shape index (κ1) is 24.1. The van der Waals surface area contributed by atoms with E-state index in [-0.39, 0.29) is 11.6 Å². The van der Waals surface area contributed by atoms with Crippen LogP contribution in [0, 0.1) is 13.8 Å². The molecule has 8 nitrogen and oxygen atoms in total. The summed E-state index contributed by atoms with van der Waals surface area (Å²) in [6.45, 7) is 7.96. The third kappa shape index (κ3) is 4.70. The average Bonchev–Trinajstić information content (AvgIpc) is 3.39. The number of aromatic nitrogens is 5. The summed E-state index contributed by atoms with van der Waals surface area (Å²) in [6, 6.07) is 26.5. The number of tetrazole rings is 1. The van der Waals surface area contributed by atoms with Crippen LogP contribution in [0.15, 0.2) is 83.7 Å². The number of anilines is 1. The van der Waals surface area contributed by atoms with Gasteiger partial charge in [0.2, 0.25) is 0 Å². The van der Waals surface area contributed by atoms with Crippen LogP contribution in [0.3, 0.4) is 0 Å². The van der Waals surface area contributed by atoms with Crippen molar-refractivity contribution in [3.8, 4) is 0 Å². The van der Waals surface area contributed by atoms with Crippen LogP contribution in [0.5, 0.6) is 0 Å². The highest BCUT2D eigenvalue weighted by Gasteiger charge is 2.32. The molecule has 6 rings (SSSR count). The lowest BCUT2D eigenvalue weighted by Gasteiger charge is -2.39. The van der Waals surface area contributed by atoms with Crippen LogP contribution in [0.4, 0.5) is 5.69 Å². The fourth-order valence-corrected chi connectivity index (χ4v) is 5.35. The highest BCUT2D eigenvalue weighted by molar-refractivity contribution is 5.81.